The lowest BCUT2D eigenvalue weighted by Crippen LogP contribution is -2.28. The molecule has 0 rings (SSSR count). The van der Waals surface area contributed by atoms with Gasteiger partial charge in [0.15, 0.2) is 0 Å². The zero-order chi connectivity index (χ0) is 14.1. The van der Waals surface area contributed by atoms with Crippen molar-refractivity contribution < 1.29 is 14.7 Å². The number of allylic oxidation sites excluding steroid dienone is 1. The molecule has 0 saturated heterocycles. The predicted octanol–water partition coefficient (Wildman–Crippen LogP) is 0.328. The molecule has 0 saturated carbocycles. The fraction of sp³-hybridized carbons (Fsp3) is 0.667. The van der Waals surface area contributed by atoms with E-state index in [1.807, 2.05) is 6.92 Å². The van der Waals surface area contributed by atoms with Crippen molar-refractivity contribution in [3.05, 3.63) is 11.3 Å². The van der Waals surface area contributed by atoms with Crippen LogP contribution in [0.2, 0.25) is 0 Å². The number of nitrogens with two attached hydrogens (primary N) is 2. The van der Waals surface area contributed by atoms with Crippen molar-refractivity contribution in [3.63, 3.8) is 0 Å². The van der Waals surface area contributed by atoms with Crippen LogP contribution in [0, 0.1) is 0 Å². The number of carbonyl (C=O) groups is 2. The van der Waals surface area contributed by atoms with Gasteiger partial charge in [0.25, 0.3) is 0 Å². The van der Waals surface area contributed by atoms with E-state index in [0.29, 0.717) is 25.1 Å². The van der Waals surface area contributed by atoms with Crippen LogP contribution in [0.3, 0.4) is 0 Å². The van der Waals surface area contributed by atoms with E-state index < -0.39 is 5.97 Å². The number of carboxylic acids is 1. The van der Waals surface area contributed by atoms with Gasteiger partial charge in [-0.1, -0.05) is 0 Å². The van der Waals surface area contributed by atoms with Crippen LogP contribution < -0.4 is 16.8 Å². The van der Waals surface area contributed by atoms with Crippen molar-refractivity contribution in [2.24, 2.45) is 11.5 Å². The highest BCUT2D eigenvalue weighted by atomic mass is 16.4. The molecule has 0 radical (unpaired) electrons. The van der Waals surface area contributed by atoms with E-state index in [0.717, 1.165) is 5.57 Å². The van der Waals surface area contributed by atoms with E-state index in [9.17, 15) is 9.59 Å². The summed E-state index contributed by atoms with van der Waals surface area (Å²) in [4.78, 5) is 21.6. The second kappa shape index (κ2) is 8.52. The van der Waals surface area contributed by atoms with Crippen molar-refractivity contribution >= 4 is 11.9 Å². The quantitative estimate of drug-likeness (QED) is 0.499. The molecular weight excluding hydrogens is 234 g/mol. The molecule has 1 unspecified atom stereocenters. The summed E-state index contributed by atoms with van der Waals surface area (Å²) in [6.45, 7) is 4.10. The number of amides is 1. The van der Waals surface area contributed by atoms with Crippen LogP contribution in [0.1, 0.15) is 39.5 Å². The van der Waals surface area contributed by atoms with Crippen molar-refractivity contribution in [1.82, 2.24) is 5.32 Å². The number of nitrogens with one attached hydrogen (secondary N) is 1. The minimum Gasteiger partial charge on any atom is -0.481 e. The fourth-order valence-corrected chi connectivity index (χ4v) is 1.61. The molecular formula is C12H23N3O3. The number of hydrogen-bond acceptors (Lipinski definition) is 4. The van der Waals surface area contributed by atoms with Crippen molar-refractivity contribution in [2.45, 2.75) is 45.6 Å². The first-order valence-corrected chi connectivity index (χ1v) is 6.03. The second-order valence-electron chi connectivity index (χ2n) is 4.34. The lowest BCUT2D eigenvalue weighted by molar-refractivity contribution is -0.137. The fourth-order valence-electron chi connectivity index (χ4n) is 1.61. The van der Waals surface area contributed by atoms with Gasteiger partial charge in [-0.3, -0.25) is 9.59 Å². The molecule has 104 valence electrons. The molecule has 0 aromatic heterocycles. The molecule has 0 aliphatic rings. The third-order valence-corrected chi connectivity index (χ3v) is 2.57. The summed E-state index contributed by atoms with van der Waals surface area (Å²) >= 11 is 0. The normalized spacial score (nSPS) is 13.7. The molecule has 0 aliphatic carbocycles. The van der Waals surface area contributed by atoms with E-state index in [1.165, 1.54) is 0 Å². The van der Waals surface area contributed by atoms with Crippen LogP contribution in [0.15, 0.2) is 11.3 Å². The third kappa shape index (κ3) is 7.67. The van der Waals surface area contributed by atoms with E-state index in [1.54, 1.807) is 6.92 Å². The van der Waals surface area contributed by atoms with E-state index >= 15 is 0 Å². The molecule has 6 nitrogen and oxygen atoms in total. The minimum absolute atomic E-state index is 0.0142. The van der Waals surface area contributed by atoms with Crippen LogP contribution in [0.25, 0.3) is 0 Å². The summed E-state index contributed by atoms with van der Waals surface area (Å²) in [5.41, 5.74) is 13.1. The van der Waals surface area contributed by atoms with Crippen molar-refractivity contribution in [2.75, 3.05) is 6.54 Å². The SMILES string of the molecule is C/C(N)=C(\CCNC(=O)CCCC(=O)O)C(C)N. The topological polar surface area (TPSA) is 118 Å². The highest BCUT2D eigenvalue weighted by molar-refractivity contribution is 5.76. The minimum atomic E-state index is -0.885. The number of aliphatic carboxylic acids is 1. The molecule has 0 aromatic carbocycles. The Morgan fingerprint density at radius 1 is 1.28 bits per heavy atom. The molecule has 0 spiro atoms. The average molecular weight is 257 g/mol. The average Bonchev–Trinajstić information content (AvgIpc) is 2.22. The standard InChI is InChI=1S/C12H23N3O3/c1-8(13)10(9(2)14)6-7-15-11(16)4-3-5-12(17)18/h8H,3-7,13-14H2,1-2H3,(H,15,16)(H,17,18)/b10-9-. The number of rotatable bonds is 8. The number of carbonyl (C=O) groups excluding carboxylic acids is 1. The van der Waals surface area contributed by atoms with Gasteiger partial charge < -0.3 is 21.9 Å². The van der Waals surface area contributed by atoms with Crippen LogP contribution in [-0.2, 0) is 9.59 Å². The van der Waals surface area contributed by atoms with Crippen LogP contribution in [0.4, 0.5) is 0 Å². The Hall–Kier alpha value is -1.56. The number of carboxylic acid groups (broad SMARTS) is 1. The zero-order valence-electron chi connectivity index (χ0n) is 11.0. The Morgan fingerprint density at radius 2 is 1.89 bits per heavy atom. The van der Waals surface area contributed by atoms with Gasteiger partial charge in [-0.25, -0.2) is 0 Å². The Labute approximate surface area is 107 Å². The smallest absolute Gasteiger partial charge is 0.303 e. The van der Waals surface area contributed by atoms with Crippen LogP contribution in [-0.4, -0.2) is 29.6 Å². The summed E-state index contributed by atoms with van der Waals surface area (Å²) in [5.74, 6) is -1.03. The van der Waals surface area contributed by atoms with Crippen molar-refractivity contribution in [3.8, 4) is 0 Å². The van der Waals surface area contributed by atoms with Crippen molar-refractivity contribution in [1.29, 1.82) is 0 Å². The highest BCUT2D eigenvalue weighted by Crippen LogP contribution is 2.07. The molecule has 6 heteroatoms. The Bertz CT molecular complexity index is 321. The van der Waals surface area contributed by atoms with E-state index in [2.05, 4.69) is 5.32 Å². The summed E-state index contributed by atoms with van der Waals surface area (Å²) in [6, 6.07) is -0.126. The Kier molecular flexibility index (Phi) is 7.78. The largest absolute Gasteiger partial charge is 0.481 e. The molecule has 18 heavy (non-hydrogen) atoms. The highest BCUT2D eigenvalue weighted by Gasteiger charge is 2.08. The lowest BCUT2D eigenvalue weighted by atomic mass is 10.0. The van der Waals surface area contributed by atoms with Gasteiger partial charge >= 0.3 is 5.97 Å². The molecule has 0 bridgehead atoms. The molecule has 0 fully saturated rings. The molecule has 0 heterocycles. The van der Waals surface area contributed by atoms with Crippen LogP contribution >= 0.6 is 0 Å². The molecule has 1 amide bonds. The first kappa shape index (κ1) is 16.4. The Morgan fingerprint density at radius 3 is 2.33 bits per heavy atom. The van der Waals surface area contributed by atoms with E-state index in [-0.39, 0.29) is 24.8 Å². The van der Waals surface area contributed by atoms with Gasteiger partial charge in [0.05, 0.1) is 0 Å². The van der Waals surface area contributed by atoms with Gasteiger partial charge in [0.1, 0.15) is 0 Å². The molecule has 6 N–H and O–H groups in total. The second-order valence-corrected chi connectivity index (χ2v) is 4.34. The monoisotopic (exact) mass is 257 g/mol. The third-order valence-electron chi connectivity index (χ3n) is 2.57. The summed E-state index contributed by atoms with van der Waals surface area (Å²) in [7, 11) is 0. The molecule has 0 aromatic rings. The number of hydrogen-bond donors (Lipinski definition) is 4. The van der Waals surface area contributed by atoms with E-state index in [4.69, 9.17) is 16.6 Å². The lowest BCUT2D eigenvalue weighted by Gasteiger charge is -2.14. The van der Waals surface area contributed by atoms with Gasteiger partial charge in [-0.2, -0.15) is 0 Å². The Balaban J connectivity index is 3.87. The first-order chi connectivity index (χ1) is 8.34. The maximum Gasteiger partial charge on any atom is 0.303 e. The predicted molar refractivity (Wildman–Crippen MR) is 69.7 cm³/mol. The maximum absolute atomic E-state index is 11.4. The summed E-state index contributed by atoms with van der Waals surface area (Å²) < 4.78 is 0. The summed E-state index contributed by atoms with van der Waals surface area (Å²) in [6.07, 6.45) is 1.21. The molecule has 1 atom stereocenters. The van der Waals surface area contributed by atoms with Gasteiger partial charge in [0, 0.05) is 31.1 Å². The first-order valence-electron chi connectivity index (χ1n) is 6.03. The maximum atomic E-state index is 11.4. The molecule has 0 aliphatic heterocycles. The zero-order valence-corrected chi connectivity index (χ0v) is 11.0. The van der Waals surface area contributed by atoms with Gasteiger partial charge in [-0.15, -0.1) is 0 Å². The van der Waals surface area contributed by atoms with Crippen LogP contribution in [0.5, 0.6) is 0 Å². The summed E-state index contributed by atoms with van der Waals surface area (Å²) in [5, 5.41) is 11.2. The van der Waals surface area contributed by atoms with Gasteiger partial charge in [-0.05, 0) is 32.3 Å². The van der Waals surface area contributed by atoms with Gasteiger partial charge in [0.2, 0.25) is 5.91 Å².